The highest BCUT2D eigenvalue weighted by Gasteiger charge is 2.07. The molecule has 0 aromatic heterocycles. The molecule has 0 saturated carbocycles. The summed E-state index contributed by atoms with van der Waals surface area (Å²) in [4.78, 5) is 12.9. The molecule has 0 saturated heterocycles. The average molecular weight is 261 g/mol. The maximum atomic E-state index is 11.9. The Balaban J connectivity index is 2.19. The van der Waals surface area contributed by atoms with Crippen LogP contribution in [-0.4, -0.2) is 5.91 Å². The number of carbonyl (C=O) groups excluding carboxylic acids is 1. The highest BCUT2D eigenvalue weighted by molar-refractivity contribution is 8.68. The van der Waals surface area contributed by atoms with Crippen molar-refractivity contribution in [3.05, 3.63) is 60.2 Å². The second-order valence-electron chi connectivity index (χ2n) is 3.41. The smallest absolute Gasteiger partial charge is 0.255 e. The minimum Gasteiger partial charge on any atom is -0.321 e. The van der Waals surface area contributed by atoms with E-state index in [0.29, 0.717) is 5.56 Å². The zero-order valence-electron chi connectivity index (χ0n) is 8.96. The lowest BCUT2D eigenvalue weighted by atomic mass is 10.2. The van der Waals surface area contributed by atoms with Gasteiger partial charge < -0.3 is 5.32 Å². The van der Waals surface area contributed by atoms with Crippen LogP contribution in [0.25, 0.3) is 0 Å². The number of hydrogen-bond donors (Lipinski definition) is 2. The van der Waals surface area contributed by atoms with Crippen LogP contribution in [0.3, 0.4) is 0 Å². The fourth-order valence-electron chi connectivity index (χ4n) is 1.43. The third-order valence-corrected chi connectivity index (χ3v) is 3.41. The van der Waals surface area contributed by atoms with E-state index in [4.69, 9.17) is 0 Å². The van der Waals surface area contributed by atoms with E-state index in [0.717, 1.165) is 10.6 Å². The van der Waals surface area contributed by atoms with Gasteiger partial charge in [0, 0.05) is 10.5 Å². The third kappa shape index (κ3) is 3.05. The van der Waals surface area contributed by atoms with Gasteiger partial charge in [-0.15, -0.1) is 11.7 Å². The van der Waals surface area contributed by atoms with Gasteiger partial charge in [0.15, 0.2) is 0 Å². The van der Waals surface area contributed by atoms with Crippen LogP contribution < -0.4 is 5.32 Å². The molecule has 1 N–H and O–H groups in total. The van der Waals surface area contributed by atoms with Gasteiger partial charge in [-0.25, -0.2) is 0 Å². The van der Waals surface area contributed by atoms with E-state index in [1.165, 1.54) is 10.8 Å². The molecule has 0 heterocycles. The van der Waals surface area contributed by atoms with Crippen molar-refractivity contribution >= 4 is 34.0 Å². The van der Waals surface area contributed by atoms with Crippen molar-refractivity contribution in [3.8, 4) is 0 Å². The molecular weight excluding hydrogens is 250 g/mol. The maximum absolute atomic E-state index is 11.9. The van der Waals surface area contributed by atoms with E-state index in [9.17, 15) is 4.79 Å². The number of para-hydroxylation sites is 1. The molecule has 4 heteroatoms. The predicted octanol–water partition coefficient (Wildman–Crippen LogP) is 3.88. The van der Waals surface area contributed by atoms with E-state index in [2.05, 4.69) is 17.0 Å². The highest BCUT2D eigenvalue weighted by atomic mass is 33.1. The van der Waals surface area contributed by atoms with Crippen LogP contribution in [0.2, 0.25) is 0 Å². The Morgan fingerprint density at radius 2 is 1.65 bits per heavy atom. The van der Waals surface area contributed by atoms with Crippen molar-refractivity contribution in [2.24, 2.45) is 0 Å². The molecule has 0 unspecified atom stereocenters. The maximum Gasteiger partial charge on any atom is 0.255 e. The molecular formula is C13H11NOS2. The summed E-state index contributed by atoms with van der Waals surface area (Å²) < 4.78 is 0. The van der Waals surface area contributed by atoms with Gasteiger partial charge >= 0.3 is 0 Å². The number of benzene rings is 2. The summed E-state index contributed by atoms with van der Waals surface area (Å²) >= 11 is 4.15. The Hall–Kier alpha value is -1.39. The van der Waals surface area contributed by atoms with Crippen LogP contribution in [0, 0.1) is 0 Å². The molecule has 2 aromatic carbocycles. The lowest BCUT2D eigenvalue weighted by molar-refractivity contribution is 0.102. The van der Waals surface area contributed by atoms with Crippen LogP contribution in [0.1, 0.15) is 10.4 Å². The summed E-state index contributed by atoms with van der Waals surface area (Å²) in [6.45, 7) is 0. The van der Waals surface area contributed by atoms with Gasteiger partial charge in [-0.05, 0) is 24.3 Å². The Morgan fingerprint density at radius 1 is 1.00 bits per heavy atom. The molecule has 0 aliphatic carbocycles. The van der Waals surface area contributed by atoms with Gasteiger partial charge in [0.05, 0.1) is 5.69 Å². The number of hydrogen-bond acceptors (Lipinski definition) is 3. The highest BCUT2D eigenvalue weighted by Crippen LogP contribution is 2.29. The summed E-state index contributed by atoms with van der Waals surface area (Å²) in [5.74, 6) is -0.111. The van der Waals surface area contributed by atoms with Crippen LogP contribution in [0.15, 0.2) is 59.5 Å². The molecule has 1 amide bonds. The van der Waals surface area contributed by atoms with Gasteiger partial charge in [-0.3, -0.25) is 4.79 Å². The van der Waals surface area contributed by atoms with Crippen molar-refractivity contribution in [3.63, 3.8) is 0 Å². The molecule has 0 radical (unpaired) electrons. The van der Waals surface area contributed by atoms with Crippen LogP contribution in [0.5, 0.6) is 0 Å². The van der Waals surface area contributed by atoms with Crippen LogP contribution in [0.4, 0.5) is 5.69 Å². The van der Waals surface area contributed by atoms with Gasteiger partial charge in [-0.2, -0.15) is 0 Å². The van der Waals surface area contributed by atoms with E-state index in [1.807, 2.05) is 42.5 Å². The van der Waals surface area contributed by atoms with E-state index in [1.54, 1.807) is 12.1 Å². The molecule has 2 rings (SSSR count). The second kappa shape index (κ2) is 5.80. The summed E-state index contributed by atoms with van der Waals surface area (Å²) in [5.41, 5.74) is 1.42. The zero-order chi connectivity index (χ0) is 12.1. The fraction of sp³-hybridized carbons (Fsp3) is 0. The predicted molar refractivity (Wildman–Crippen MR) is 75.7 cm³/mol. The summed E-state index contributed by atoms with van der Waals surface area (Å²) in [6, 6.07) is 16.7. The number of nitrogens with one attached hydrogen (secondary N) is 1. The zero-order valence-corrected chi connectivity index (χ0v) is 10.7. The molecule has 0 atom stereocenters. The van der Waals surface area contributed by atoms with Gasteiger partial charge in [0.2, 0.25) is 0 Å². The standard InChI is InChI=1S/C13H11NOS2/c15-13(10-6-2-1-3-7-10)14-11-8-4-5-9-12(11)17-16/h1-9,16H,(H,14,15). The van der Waals surface area contributed by atoms with E-state index >= 15 is 0 Å². The average Bonchev–Trinajstić information content (AvgIpc) is 2.40. The molecule has 0 spiro atoms. The molecule has 0 fully saturated rings. The monoisotopic (exact) mass is 261 g/mol. The lowest BCUT2D eigenvalue weighted by Gasteiger charge is -2.08. The normalized spacial score (nSPS) is 9.94. The summed E-state index contributed by atoms with van der Waals surface area (Å²) in [7, 11) is 1.31. The van der Waals surface area contributed by atoms with Crippen molar-refractivity contribution in [1.82, 2.24) is 0 Å². The number of rotatable bonds is 3. The number of amides is 1. The van der Waals surface area contributed by atoms with Gasteiger partial charge in [-0.1, -0.05) is 41.1 Å². The van der Waals surface area contributed by atoms with Gasteiger partial charge in [0.1, 0.15) is 0 Å². The van der Waals surface area contributed by atoms with Crippen LogP contribution in [-0.2, 0) is 0 Å². The Morgan fingerprint density at radius 3 is 2.35 bits per heavy atom. The number of carbonyl (C=O) groups is 1. The van der Waals surface area contributed by atoms with E-state index < -0.39 is 0 Å². The molecule has 0 aliphatic heterocycles. The molecule has 0 bridgehead atoms. The first-order valence-electron chi connectivity index (χ1n) is 5.08. The first kappa shape index (κ1) is 12.1. The fourth-order valence-corrected chi connectivity index (χ4v) is 2.27. The minimum atomic E-state index is -0.111. The lowest BCUT2D eigenvalue weighted by Crippen LogP contribution is -2.12. The SMILES string of the molecule is O=C(Nc1ccccc1SS)c1ccccc1. The van der Waals surface area contributed by atoms with E-state index in [-0.39, 0.29) is 5.91 Å². The first-order valence-corrected chi connectivity index (χ1v) is 6.95. The Labute approximate surface area is 109 Å². The first-order chi connectivity index (χ1) is 8.31. The molecule has 2 aromatic rings. The van der Waals surface area contributed by atoms with Crippen LogP contribution >= 0.6 is 22.5 Å². The number of thiol groups is 1. The minimum absolute atomic E-state index is 0.111. The second-order valence-corrected chi connectivity index (χ2v) is 4.58. The molecule has 86 valence electrons. The van der Waals surface area contributed by atoms with Crippen molar-refractivity contribution in [1.29, 1.82) is 0 Å². The van der Waals surface area contributed by atoms with Crippen molar-refractivity contribution in [2.45, 2.75) is 4.90 Å². The number of anilines is 1. The van der Waals surface area contributed by atoms with Crippen molar-refractivity contribution in [2.75, 3.05) is 5.32 Å². The molecule has 2 nitrogen and oxygen atoms in total. The quantitative estimate of drug-likeness (QED) is 0.648. The molecule has 0 aliphatic rings. The van der Waals surface area contributed by atoms with Crippen molar-refractivity contribution < 1.29 is 4.79 Å². The summed E-state index contributed by atoms with van der Waals surface area (Å²) in [6.07, 6.45) is 0. The summed E-state index contributed by atoms with van der Waals surface area (Å²) in [5, 5.41) is 2.87. The van der Waals surface area contributed by atoms with Gasteiger partial charge in [0.25, 0.3) is 5.91 Å². The molecule has 17 heavy (non-hydrogen) atoms. The Bertz CT molecular complexity index is 514. The Kier molecular flexibility index (Phi) is 4.12. The topological polar surface area (TPSA) is 29.1 Å². The third-order valence-electron chi connectivity index (χ3n) is 2.27. The largest absolute Gasteiger partial charge is 0.321 e.